The Hall–Kier alpha value is -1.85. The van der Waals surface area contributed by atoms with Crippen LogP contribution in [0.4, 0.5) is 13.2 Å². The van der Waals surface area contributed by atoms with Crippen LogP contribution in [0.25, 0.3) is 10.9 Å². The monoisotopic (exact) mass is 228 g/mol. The van der Waals surface area contributed by atoms with Crippen molar-refractivity contribution in [1.29, 1.82) is 0 Å². The highest BCUT2D eigenvalue weighted by atomic mass is 19.4. The smallest absolute Gasteiger partial charge is 0.422 e. The van der Waals surface area contributed by atoms with Crippen molar-refractivity contribution >= 4 is 10.9 Å². The molecule has 1 heterocycles. The number of halogens is 3. The molecule has 0 fully saturated rings. The van der Waals surface area contributed by atoms with E-state index in [1.54, 1.807) is 24.3 Å². The number of fused-ring (bicyclic) bond motifs is 1. The van der Waals surface area contributed by atoms with E-state index < -0.39 is 12.8 Å². The van der Waals surface area contributed by atoms with E-state index in [1.807, 2.05) is 0 Å². The number of ether oxygens (including phenoxy) is 1. The standard InChI is InChI=1S/C10H7F3N2O/c11-10(12,13)5-16-9-7-3-1-2-4-8(7)14-6-15-9/h1-4,6H,5H2. The Bertz CT molecular complexity index is 493. The van der Waals surface area contributed by atoms with E-state index in [0.29, 0.717) is 10.9 Å². The summed E-state index contributed by atoms with van der Waals surface area (Å²) >= 11 is 0. The van der Waals surface area contributed by atoms with Crippen molar-refractivity contribution in [3.05, 3.63) is 30.6 Å². The summed E-state index contributed by atoms with van der Waals surface area (Å²) in [5.74, 6) is -0.0528. The van der Waals surface area contributed by atoms with Gasteiger partial charge in [0.2, 0.25) is 5.88 Å². The van der Waals surface area contributed by atoms with Gasteiger partial charge in [0.05, 0.1) is 10.9 Å². The van der Waals surface area contributed by atoms with Gasteiger partial charge < -0.3 is 4.74 Å². The van der Waals surface area contributed by atoms with Gasteiger partial charge in [-0.15, -0.1) is 0 Å². The second-order valence-corrected chi connectivity index (χ2v) is 3.10. The minimum atomic E-state index is -4.37. The van der Waals surface area contributed by atoms with Crippen molar-refractivity contribution in [3.8, 4) is 5.88 Å². The Labute approximate surface area is 88.9 Å². The summed E-state index contributed by atoms with van der Waals surface area (Å²) < 4.78 is 40.5. The van der Waals surface area contributed by atoms with Crippen molar-refractivity contribution in [2.45, 2.75) is 6.18 Å². The molecule has 16 heavy (non-hydrogen) atoms. The van der Waals surface area contributed by atoms with Crippen molar-refractivity contribution < 1.29 is 17.9 Å². The Morgan fingerprint density at radius 1 is 1.12 bits per heavy atom. The van der Waals surface area contributed by atoms with E-state index in [2.05, 4.69) is 14.7 Å². The lowest BCUT2D eigenvalue weighted by atomic mass is 10.2. The Kier molecular flexibility index (Phi) is 2.64. The summed E-state index contributed by atoms with van der Waals surface area (Å²) in [6, 6.07) is 6.72. The SMILES string of the molecule is FC(F)(F)COc1ncnc2ccccc12. The normalized spacial score (nSPS) is 11.7. The molecule has 0 saturated heterocycles. The second kappa shape index (κ2) is 3.96. The highest BCUT2D eigenvalue weighted by Gasteiger charge is 2.28. The van der Waals surface area contributed by atoms with Crippen LogP contribution in [0.1, 0.15) is 0 Å². The topological polar surface area (TPSA) is 35.0 Å². The first-order chi connectivity index (χ1) is 7.56. The second-order valence-electron chi connectivity index (χ2n) is 3.10. The number of benzene rings is 1. The van der Waals surface area contributed by atoms with Gasteiger partial charge in [0.1, 0.15) is 6.33 Å². The Balaban J connectivity index is 2.30. The maximum absolute atomic E-state index is 12.0. The van der Waals surface area contributed by atoms with Crippen LogP contribution in [0.5, 0.6) is 5.88 Å². The predicted molar refractivity (Wildman–Crippen MR) is 51.1 cm³/mol. The Morgan fingerprint density at radius 2 is 1.88 bits per heavy atom. The fourth-order valence-electron chi connectivity index (χ4n) is 1.25. The molecule has 0 N–H and O–H groups in total. The van der Waals surface area contributed by atoms with Gasteiger partial charge in [-0.1, -0.05) is 12.1 Å². The third-order valence-electron chi connectivity index (χ3n) is 1.88. The van der Waals surface area contributed by atoms with Crippen LogP contribution in [0.2, 0.25) is 0 Å². The molecule has 3 nitrogen and oxygen atoms in total. The molecule has 0 spiro atoms. The van der Waals surface area contributed by atoms with Gasteiger partial charge in [-0.2, -0.15) is 13.2 Å². The van der Waals surface area contributed by atoms with Gasteiger partial charge in [0, 0.05) is 0 Å². The fraction of sp³-hybridized carbons (Fsp3) is 0.200. The average molecular weight is 228 g/mol. The molecule has 0 saturated carbocycles. The molecule has 6 heteroatoms. The molecule has 0 bridgehead atoms. The van der Waals surface area contributed by atoms with Crippen molar-refractivity contribution in [2.24, 2.45) is 0 Å². The van der Waals surface area contributed by atoms with E-state index in [0.717, 1.165) is 0 Å². The molecule has 2 aromatic rings. The number of hydrogen-bond donors (Lipinski definition) is 0. The van der Waals surface area contributed by atoms with Crippen LogP contribution in [0.15, 0.2) is 30.6 Å². The van der Waals surface area contributed by atoms with Crippen molar-refractivity contribution in [3.63, 3.8) is 0 Å². The molecule has 0 unspecified atom stereocenters. The number of hydrogen-bond acceptors (Lipinski definition) is 3. The summed E-state index contributed by atoms with van der Waals surface area (Å²) in [6.07, 6.45) is -3.19. The highest BCUT2D eigenvalue weighted by Crippen LogP contribution is 2.23. The lowest BCUT2D eigenvalue weighted by molar-refractivity contribution is -0.153. The van der Waals surface area contributed by atoms with Gasteiger partial charge in [0.25, 0.3) is 0 Å². The molecule has 1 aromatic heterocycles. The van der Waals surface area contributed by atoms with Crippen LogP contribution in [0.3, 0.4) is 0 Å². The summed E-state index contributed by atoms with van der Waals surface area (Å²) in [5, 5.41) is 0.467. The molecule has 0 amide bonds. The van der Waals surface area contributed by atoms with Gasteiger partial charge in [-0.3, -0.25) is 0 Å². The van der Waals surface area contributed by atoms with E-state index in [1.165, 1.54) is 6.33 Å². The van der Waals surface area contributed by atoms with E-state index in [-0.39, 0.29) is 5.88 Å². The van der Waals surface area contributed by atoms with E-state index >= 15 is 0 Å². The van der Waals surface area contributed by atoms with E-state index in [4.69, 9.17) is 0 Å². The minimum absolute atomic E-state index is 0.0528. The molecule has 84 valence electrons. The third kappa shape index (κ3) is 2.39. The van der Waals surface area contributed by atoms with Gasteiger partial charge in [0.15, 0.2) is 6.61 Å². The van der Waals surface area contributed by atoms with E-state index in [9.17, 15) is 13.2 Å². The maximum atomic E-state index is 12.0. The number of alkyl halides is 3. The highest BCUT2D eigenvalue weighted by molar-refractivity contribution is 5.82. The number of aromatic nitrogens is 2. The zero-order valence-corrected chi connectivity index (χ0v) is 8.03. The lowest BCUT2D eigenvalue weighted by Gasteiger charge is -2.09. The number of para-hydroxylation sites is 1. The summed E-state index contributed by atoms with van der Waals surface area (Å²) in [4.78, 5) is 7.59. The largest absolute Gasteiger partial charge is 0.467 e. The van der Waals surface area contributed by atoms with Crippen molar-refractivity contribution in [1.82, 2.24) is 9.97 Å². The molecule has 0 atom stereocenters. The molecule has 0 aliphatic rings. The average Bonchev–Trinajstić information content (AvgIpc) is 2.25. The summed E-state index contributed by atoms with van der Waals surface area (Å²) in [7, 11) is 0. The third-order valence-corrected chi connectivity index (χ3v) is 1.88. The van der Waals surface area contributed by atoms with Crippen molar-refractivity contribution in [2.75, 3.05) is 6.61 Å². The molecular formula is C10H7F3N2O. The number of nitrogens with zero attached hydrogens (tertiary/aromatic N) is 2. The lowest BCUT2D eigenvalue weighted by Crippen LogP contribution is -2.19. The molecular weight excluding hydrogens is 221 g/mol. The van der Waals surface area contributed by atoms with Crippen LogP contribution in [0, 0.1) is 0 Å². The quantitative estimate of drug-likeness (QED) is 0.792. The molecule has 2 rings (SSSR count). The zero-order chi connectivity index (χ0) is 11.6. The minimum Gasteiger partial charge on any atom is -0.467 e. The summed E-state index contributed by atoms with van der Waals surface area (Å²) in [5.41, 5.74) is 0.551. The molecule has 0 radical (unpaired) electrons. The van der Waals surface area contributed by atoms with Crippen LogP contribution in [-0.4, -0.2) is 22.8 Å². The first kappa shape index (κ1) is 10.7. The van der Waals surface area contributed by atoms with Crippen LogP contribution >= 0.6 is 0 Å². The molecule has 1 aromatic carbocycles. The zero-order valence-electron chi connectivity index (χ0n) is 8.03. The van der Waals surface area contributed by atoms with Gasteiger partial charge in [-0.05, 0) is 12.1 Å². The first-order valence-electron chi connectivity index (χ1n) is 4.45. The van der Waals surface area contributed by atoms with Crippen LogP contribution in [-0.2, 0) is 0 Å². The summed E-state index contributed by atoms with van der Waals surface area (Å²) in [6.45, 7) is -1.35. The fourth-order valence-corrected chi connectivity index (χ4v) is 1.25. The first-order valence-corrected chi connectivity index (χ1v) is 4.45. The predicted octanol–water partition coefficient (Wildman–Crippen LogP) is 2.57. The molecule has 0 aliphatic carbocycles. The number of rotatable bonds is 2. The Morgan fingerprint density at radius 3 is 2.62 bits per heavy atom. The van der Waals surface area contributed by atoms with Gasteiger partial charge >= 0.3 is 6.18 Å². The molecule has 0 aliphatic heterocycles. The van der Waals surface area contributed by atoms with Crippen LogP contribution < -0.4 is 4.74 Å². The van der Waals surface area contributed by atoms with Gasteiger partial charge in [-0.25, -0.2) is 9.97 Å². The maximum Gasteiger partial charge on any atom is 0.422 e.